The topological polar surface area (TPSA) is 31.4 Å². The normalized spacial score (nSPS) is 21.1. The van der Waals surface area contributed by atoms with Gasteiger partial charge in [0.25, 0.3) is 0 Å². The standard InChI is InChI=1S/C12H26N2.C11H23NO.C10H21NO/c1-12(2,3)6-5-7-14-10-8-13(4)9-11-14;1-11(2,3)5-4-6-12-7-9-13-10-8-12;1-10(2,3)4-5-11-6-8-12-9-7-11/h5-11H2,1-4H3;4-10H2,1-3H3;4-9H2,1-3H3. The second kappa shape index (κ2) is 19.0. The summed E-state index contributed by atoms with van der Waals surface area (Å²) in [6.07, 6.45) is 6.63. The van der Waals surface area contributed by atoms with E-state index in [0.717, 1.165) is 52.6 Å². The quantitative estimate of drug-likeness (QED) is 0.368. The lowest BCUT2D eigenvalue weighted by molar-refractivity contribution is 0.0333. The summed E-state index contributed by atoms with van der Waals surface area (Å²) in [5, 5.41) is 0. The van der Waals surface area contributed by atoms with Gasteiger partial charge in [-0.3, -0.25) is 9.80 Å². The first-order chi connectivity index (χ1) is 18.1. The third-order valence-corrected chi connectivity index (χ3v) is 7.78. The molecule has 3 aliphatic rings. The summed E-state index contributed by atoms with van der Waals surface area (Å²) in [5.74, 6) is 0. The smallest absolute Gasteiger partial charge is 0.0594 e. The van der Waals surface area contributed by atoms with Gasteiger partial charge in [-0.1, -0.05) is 62.3 Å². The molecular weight excluding hydrogens is 484 g/mol. The molecular formula is C33H70N4O2. The average Bonchev–Trinajstić information content (AvgIpc) is 2.84. The van der Waals surface area contributed by atoms with E-state index in [4.69, 9.17) is 9.47 Å². The van der Waals surface area contributed by atoms with Crippen LogP contribution in [0.15, 0.2) is 0 Å². The van der Waals surface area contributed by atoms with Crippen molar-refractivity contribution in [3.8, 4) is 0 Å². The van der Waals surface area contributed by atoms with Gasteiger partial charge in [-0.25, -0.2) is 0 Å². The van der Waals surface area contributed by atoms with E-state index in [0.29, 0.717) is 16.2 Å². The lowest BCUT2D eigenvalue weighted by Gasteiger charge is -2.32. The predicted octanol–water partition coefficient (Wildman–Crippen LogP) is 5.96. The first-order valence-electron chi connectivity index (χ1n) is 16.1. The van der Waals surface area contributed by atoms with Gasteiger partial charge in [-0.2, -0.15) is 0 Å². The number of piperazine rings is 1. The number of likely N-dealkylation sites (N-methyl/N-ethyl adjacent to an activating group) is 1. The third kappa shape index (κ3) is 23.1. The van der Waals surface area contributed by atoms with Gasteiger partial charge >= 0.3 is 0 Å². The van der Waals surface area contributed by atoms with Crippen LogP contribution in [0.3, 0.4) is 0 Å². The van der Waals surface area contributed by atoms with E-state index in [2.05, 4.69) is 89.0 Å². The summed E-state index contributed by atoms with van der Waals surface area (Å²) in [5.41, 5.74) is 1.47. The Morgan fingerprint density at radius 2 is 0.769 bits per heavy atom. The maximum absolute atomic E-state index is 5.31. The molecule has 0 unspecified atom stereocenters. The molecule has 0 amide bonds. The number of hydrogen-bond acceptors (Lipinski definition) is 6. The molecule has 0 aromatic rings. The van der Waals surface area contributed by atoms with Gasteiger partial charge in [0.1, 0.15) is 0 Å². The molecule has 0 radical (unpaired) electrons. The van der Waals surface area contributed by atoms with Crippen molar-refractivity contribution in [2.75, 3.05) is 105 Å². The fourth-order valence-corrected chi connectivity index (χ4v) is 4.88. The summed E-state index contributed by atoms with van der Waals surface area (Å²) < 4.78 is 10.6. The van der Waals surface area contributed by atoms with Crippen LogP contribution in [0.1, 0.15) is 94.4 Å². The number of hydrogen-bond donors (Lipinski definition) is 0. The minimum atomic E-state index is 0.471. The molecule has 6 nitrogen and oxygen atoms in total. The minimum absolute atomic E-state index is 0.471. The molecule has 0 aromatic carbocycles. The first kappa shape index (κ1) is 36.8. The molecule has 234 valence electrons. The SMILES string of the molecule is CC(C)(C)CCCN1CCOCC1.CC(C)(C)CCN1CCOCC1.CN1CCN(CCCC(C)(C)C)CC1. The van der Waals surface area contributed by atoms with Crippen LogP contribution in [0.4, 0.5) is 0 Å². The van der Waals surface area contributed by atoms with Crippen molar-refractivity contribution in [2.45, 2.75) is 94.4 Å². The van der Waals surface area contributed by atoms with E-state index in [1.165, 1.54) is 77.9 Å². The van der Waals surface area contributed by atoms with E-state index in [1.807, 2.05) is 0 Å². The zero-order chi connectivity index (χ0) is 29.4. The number of ether oxygens (including phenoxy) is 2. The fraction of sp³-hybridized carbons (Fsp3) is 1.00. The summed E-state index contributed by atoms with van der Waals surface area (Å²) in [4.78, 5) is 10.0. The summed E-state index contributed by atoms with van der Waals surface area (Å²) in [6, 6.07) is 0. The second-order valence-corrected chi connectivity index (χ2v) is 15.7. The van der Waals surface area contributed by atoms with Gasteiger partial charge in [0.05, 0.1) is 26.4 Å². The lowest BCUT2D eigenvalue weighted by Crippen LogP contribution is -2.44. The second-order valence-electron chi connectivity index (χ2n) is 15.7. The summed E-state index contributed by atoms with van der Waals surface area (Å²) in [7, 11) is 2.21. The zero-order valence-electron chi connectivity index (χ0n) is 28.2. The van der Waals surface area contributed by atoms with Gasteiger partial charge in [-0.15, -0.1) is 0 Å². The van der Waals surface area contributed by atoms with Crippen molar-refractivity contribution in [3.63, 3.8) is 0 Å². The van der Waals surface area contributed by atoms with Crippen LogP contribution < -0.4 is 0 Å². The lowest BCUT2D eigenvalue weighted by atomic mass is 9.90. The Bertz CT molecular complexity index is 574. The van der Waals surface area contributed by atoms with E-state index in [9.17, 15) is 0 Å². The predicted molar refractivity (Wildman–Crippen MR) is 170 cm³/mol. The van der Waals surface area contributed by atoms with Crippen molar-refractivity contribution in [2.24, 2.45) is 16.2 Å². The number of morpholine rings is 2. The molecule has 0 saturated carbocycles. The van der Waals surface area contributed by atoms with Crippen molar-refractivity contribution in [3.05, 3.63) is 0 Å². The maximum Gasteiger partial charge on any atom is 0.0594 e. The van der Waals surface area contributed by atoms with E-state index >= 15 is 0 Å². The Hall–Kier alpha value is -0.240. The number of nitrogens with zero attached hydrogens (tertiary/aromatic N) is 4. The number of rotatable bonds is 8. The van der Waals surface area contributed by atoms with Gasteiger partial charge < -0.3 is 19.3 Å². The van der Waals surface area contributed by atoms with E-state index in [1.54, 1.807) is 0 Å². The van der Waals surface area contributed by atoms with Crippen LogP contribution >= 0.6 is 0 Å². The van der Waals surface area contributed by atoms with Crippen LogP contribution in [0.2, 0.25) is 0 Å². The van der Waals surface area contributed by atoms with Gasteiger partial charge in [-0.05, 0) is 75.0 Å². The molecule has 0 bridgehead atoms. The van der Waals surface area contributed by atoms with E-state index in [-0.39, 0.29) is 0 Å². The average molecular weight is 555 g/mol. The van der Waals surface area contributed by atoms with E-state index < -0.39 is 0 Å². The molecule has 3 fully saturated rings. The largest absolute Gasteiger partial charge is 0.379 e. The highest BCUT2D eigenvalue weighted by Crippen LogP contribution is 2.22. The molecule has 3 saturated heterocycles. The maximum atomic E-state index is 5.31. The Balaban J connectivity index is 0.000000293. The van der Waals surface area contributed by atoms with Crippen molar-refractivity contribution in [1.29, 1.82) is 0 Å². The highest BCUT2D eigenvalue weighted by atomic mass is 16.5. The zero-order valence-corrected chi connectivity index (χ0v) is 28.2. The summed E-state index contributed by atoms with van der Waals surface area (Å²) in [6.45, 7) is 37.8. The monoisotopic (exact) mass is 555 g/mol. The van der Waals surface area contributed by atoms with Crippen molar-refractivity contribution >= 4 is 0 Å². The van der Waals surface area contributed by atoms with Crippen LogP contribution in [0, 0.1) is 16.2 Å². The molecule has 6 heteroatoms. The van der Waals surface area contributed by atoms with Crippen LogP contribution in [-0.2, 0) is 9.47 Å². The van der Waals surface area contributed by atoms with Crippen LogP contribution in [0.5, 0.6) is 0 Å². The molecule has 0 atom stereocenters. The fourth-order valence-electron chi connectivity index (χ4n) is 4.88. The van der Waals surface area contributed by atoms with Gasteiger partial charge in [0, 0.05) is 52.4 Å². The van der Waals surface area contributed by atoms with Crippen LogP contribution in [0.25, 0.3) is 0 Å². The molecule has 3 aliphatic heterocycles. The van der Waals surface area contributed by atoms with Crippen molar-refractivity contribution < 1.29 is 9.47 Å². The van der Waals surface area contributed by atoms with Gasteiger partial charge in [0.15, 0.2) is 0 Å². The molecule has 0 spiro atoms. The van der Waals surface area contributed by atoms with Crippen LogP contribution in [-0.4, -0.2) is 125 Å². The highest BCUT2D eigenvalue weighted by Gasteiger charge is 2.16. The third-order valence-electron chi connectivity index (χ3n) is 7.78. The summed E-state index contributed by atoms with van der Waals surface area (Å²) >= 11 is 0. The Morgan fingerprint density at radius 3 is 1.13 bits per heavy atom. The Morgan fingerprint density at radius 1 is 0.436 bits per heavy atom. The highest BCUT2D eigenvalue weighted by molar-refractivity contribution is 4.71. The Kier molecular flexibility index (Phi) is 18.0. The molecule has 3 heterocycles. The Labute approximate surface area is 245 Å². The van der Waals surface area contributed by atoms with Gasteiger partial charge in [0.2, 0.25) is 0 Å². The molecule has 0 aromatic heterocycles. The minimum Gasteiger partial charge on any atom is -0.379 e. The first-order valence-corrected chi connectivity index (χ1v) is 16.1. The molecule has 0 aliphatic carbocycles. The molecule has 39 heavy (non-hydrogen) atoms. The molecule has 0 N–H and O–H groups in total. The molecule has 3 rings (SSSR count). The van der Waals surface area contributed by atoms with Crippen molar-refractivity contribution in [1.82, 2.24) is 19.6 Å².